The molecule has 3 aromatic rings. The highest BCUT2D eigenvalue weighted by atomic mass is 32.2. The number of anilines is 1. The second kappa shape index (κ2) is 9.17. The molecule has 0 aliphatic carbocycles. The van der Waals surface area contributed by atoms with Gasteiger partial charge in [0, 0.05) is 23.7 Å². The number of nitrogens with zero attached hydrogens (tertiary/aromatic N) is 1. The van der Waals surface area contributed by atoms with Gasteiger partial charge in [-0.3, -0.25) is 9.71 Å². The van der Waals surface area contributed by atoms with Crippen molar-refractivity contribution >= 4 is 26.6 Å². The molecule has 0 saturated carbocycles. The molecule has 2 aromatic carbocycles. The third-order valence-electron chi connectivity index (χ3n) is 4.41. The molecule has 1 heterocycles. The van der Waals surface area contributed by atoms with Crippen LogP contribution < -0.4 is 18.9 Å². The Bertz CT molecular complexity index is 1150. The molecular weight excluding hydrogens is 411 g/mol. The van der Waals surface area contributed by atoms with E-state index >= 15 is 0 Å². The van der Waals surface area contributed by atoms with Crippen LogP contribution in [-0.4, -0.2) is 33.4 Å². The van der Waals surface area contributed by atoms with E-state index in [1.807, 2.05) is 6.92 Å². The molecule has 0 unspecified atom stereocenters. The van der Waals surface area contributed by atoms with Gasteiger partial charge in [0.25, 0.3) is 0 Å². The van der Waals surface area contributed by atoms with Crippen molar-refractivity contribution in [1.82, 2.24) is 4.98 Å². The van der Waals surface area contributed by atoms with Crippen LogP contribution >= 0.6 is 0 Å². The first-order chi connectivity index (χ1) is 14.4. The number of aromatic nitrogens is 1. The van der Waals surface area contributed by atoms with Crippen molar-refractivity contribution in [2.45, 2.75) is 19.8 Å². The van der Waals surface area contributed by atoms with Crippen molar-refractivity contribution in [2.24, 2.45) is 0 Å². The number of unbranched alkanes of at least 4 members (excludes halogenated alkanes) is 1. The molecular formula is C21H23FN2O5S. The van der Waals surface area contributed by atoms with E-state index < -0.39 is 15.8 Å². The fourth-order valence-corrected chi connectivity index (χ4v) is 4.13. The fraction of sp³-hybridized carbons (Fsp3) is 0.286. The molecule has 0 aliphatic heterocycles. The third-order valence-corrected chi connectivity index (χ3v) is 5.76. The van der Waals surface area contributed by atoms with Crippen molar-refractivity contribution in [3.05, 3.63) is 48.4 Å². The van der Waals surface area contributed by atoms with Gasteiger partial charge in [0.05, 0.1) is 31.2 Å². The van der Waals surface area contributed by atoms with E-state index in [1.165, 1.54) is 26.4 Å². The van der Waals surface area contributed by atoms with E-state index in [-0.39, 0.29) is 17.2 Å². The molecule has 3 rings (SSSR count). The number of rotatable bonds is 9. The van der Waals surface area contributed by atoms with Crippen LogP contribution in [0.2, 0.25) is 0 Å². The zero-order valence-corrected chi connectivity index (χ0v) is 17.8. The molecule has 0 bridgehead atoms. The lowest BCUT2D eigenvalue weighted by Gasteiger charge is -2.13. The maximum absolute atomic E-state index is 14.5. The van der Waals surface area contributed by atoms with Crippen molar-refractivity contribution < 1.29 is 27.0 Å². The predicted molar refractivity (Wildman–Crippen MR) is 114 cm³/mol. The average Bonchev–Trinajstić information content (AvgIpc) is 2.73. The monoisotopic (exact) mass is 434 g/mol. The second-order valence-electron chi connectivity index (χ2n) is 6.55. The van der Waals surface area contributed by atoms with Crippen molar-refractivity contribution in [3.63, 3.8) is 0 Å². The van der Waals surface area contributed by atoms with Gasteiger partial charge in [-0.25, -0.2) is 12.8 Å². The number of nitrogens with one attached hydrogen (secondary N) is 1. The third kappa shape index (κ3) is 4.91. The molecule has 0 saturated heterocycles. The summed E-state index contributed by atoms with van der Waals surface area (Å²) in [6.07, 6.45) is 2.80. The van der Waals surface area contributed by atoms with E-state index in [4.69, 9.17) is 14.2 Å². The Labute approximate surface area is 174 Å². The number of ether oxygens (including phenoxy) is 3. The largest absolute Gasteiger partial charge is 0.493 e. The zero-order chi connectivity index (χ0) is 21.7. The Morgan fingerprint density at radius 1 is 1.03 bits per heavy atom. The first kappa shape index (κ1) is 21.6. The molecule has 0 fully saturated rings. The predicted octanol–water partition coefficient (Wildman–Crippen LogP) is 4.73. The van der Waals surface area contributed by atoms with Gasteiger partial charge >= 0.3 is 0 Å². The summed E-state index contributed by atoms with van der Waals surface area (Å²) in [6, 6.07) is 9.05. The van der Waals surface area contributed by atoms with Gasteiger partial charge in [-0.1, -0.05) is 13.3 Å². The summed E-state index contributed by atoms with van der Waals surface area (Å²) in [5.41, 5.74) is 0.496. The standard InChI is InChI=1S/C21H23FN2O5S/c1-4-5-10-30(25,26)24-17-7-6-14(11-16(17)22)29-19-8-9-23-18-13-21(28-3)20(27-2)12-15(18)19/h6-9,11-13,24H,4-5,10H2,1-3H3. The van der Waals surface area contributed by atoms with E-state index in [0.29, 0.717) is 34.6 Å². The molecule has 1 N–H and O–H groups in total. The van der Waals surface area contributed by atoms with Gasteiger partial charge in [0.2, 0.25) is 10.0 Å². The molecule has 0 spiro atoms. The summed E-state index contributed by atoms with van der Waals surface area (Å²) in [7, 11) is -0.542. The van der Waals surface area contributed by atoms with Crippen LogP contribution in [0.4, 0.5) is 10.1 Å². The summed E-state index contributed by atoms with van der Waals surface area (Å²) in [5.74, 6) is 0.898. The lowest BCUT2D eigenvalue weighted by molar-refractivity contribution is 0.355. The van der Waals surface area contributed by atoms with Crippen LogP contribution in [-0.2, 0) is 10.0 Å². The maximum Gasteiger partial charge on any atom is 0.232 e. The summed E-state index contributed by atoms with van der Waals surface area (Å²) in [4.78, 5) is 4.30. The molecule has 0 radical (unpaired) electrons. The number of methoxy groups -OCH3 is 2. The minimum atomic E-state index is -3.60. The van der Waals surface area contributed by atoms with Crippen molar-refractivity contribution in [1.29, 1.82) is 0 Å². The summed E-state index contributed by atoms with van der Waals surface area (Å²) < 4.78 is 57.2. The highest BCUT2D eigenvalue weighted by molar-refractivity contribution is 7.92. The van der Waals surface area contributed by atoms with E-state index in [2.05, 4.69) is 9.71 Å². The Hall–Kier alpha value is -3.07. The van der Waals surface area contributed by atoms with Gasteiger partial charge < -0.3 is 14.2 Å². The number of pyridine rings is 1. The van der Waals surface area contributed by atoms with Crippen LogP contribution in [0.1, 0.15) is 19.8 Å². The normalized spacial score (nSPS) is 11.3. The summed E-state index contributed by atoms with van der Waals surface area (Å²) in [6.45, 7) is 1.89. The van der Waals surface area contributed by atoms with Crippen molar-refractivity contribution in [2.75, 3.05) is 24.7 Å². The number of fused-ring (bicyclic) bond motifs is 1. The highest BCUT2D eigenvalue weighted by Gasteiger charge is 2.15. The SMILES string of the molecule is CCCCS(=O)(=O)Nc1ccc(Oc2ccnc3cc(OC)c(OC)cc23)cc1F. The minimum Gasteiger partial charge on any atom is -0.493 e. The molecule has 160 valence electrons. The number of hydrogen-bond acceptors (Lipinski definition) is 6. The van der Waals surface area contributed by atoms with Gasteiger partial charge in [0.15, 0.2) is 17.3 Å². The quantitative estimate of drug-likeness (QED) is 0.524. The Kier molecular flexibility index (Phi) is 6.61. The van der Waals surface area contributed by atoms with Crippen LogP contribution in [0.3, 0.4) is 0 Å². The van der Waals surface area contributed by atoms with Crippen LogP contribution in [0, 0.1) is 5.82 Å². The minimum absolute atomic E-state index is 0.0600. The number of hydrogen-bond donors (Lipinski definition) is 1. The lowest BCUT2D eigenvalue weighted by atomic mass is 10.2. The number of benzene rings is 2. The van der Waals surface area contributed by atoms with Crippen LogP contribution in [0.5, 0.6) is 23.0 Å². The van der Waals surface area contributed by atoms with Crippen LogP contribution in [0.15, 0.2) is 42.6 Å². The molecule has 0 aliphatic rings. The van der Waals surface area contributed by atoms with Crippen molar-refractivity contribution in [3.8, 4) is 23.0 Å². The molecule has 0 atom stereocenters. The molecule has 0 amide bonds. The van der Waals surface area contributed by atoms with Gasteiger partial charge in [-0.15, -0.1) is 0 Å². The molecule has 1 aromatic heterocycles. The van der Waals surface area contributed by atoms with Gasteiger partial charge in [0.1, 0.15) is 11.5 Å². The molecule has 7 nitrogen and oxygen atoms in total. The summed E-state index contributed by atoms with van der Waals surface area (Å²) in [5, 5.41) is 0.653. The van der Waals surface area contributed by atoms with Gasteiger partial charge in [-0.05, 0) is 30.7 Å². The molecule has 9 heteroatoms. The fourth-order valence-electron chi connectivity index (χ4n) is 2.86. The van der Waals surface area contributed by atoms with E-state index in [9.17, 15) is 12.8 Å². The number of sulfonamides is 1. The van der Waals surface area contributed by atoms with Crippen LogP contribution in [0.25, 0.3) is 10.9 Å². The summed E-state index contributed by atoms with van der Waals surface area (Å²) >= 11 is 0. The smallest absolute Gasteiger partial charge is 0.232 e. The topological polar surface area (TPSA) is 86.8 Å². The van der Waals surface area contributed by atoms with Gasteiger partial charge in [-0.2, -0.15) is 0 Å². The lowest BCUT2D eigenvalue weighted by Crippen LogP contribution is -2.17. The zero-order valence-electron chi connectivity index (χ0n) is 16.9. The molecule has 30 heavy (non-hydrogen) atoms. The number of halogens is 1. The second-order valence-corrected chi connectivity index (χ2v) is 8.39. The first-order valence-corrected chi connectivity index (χ1v) is 11.0. The highest BCUT2D eigenvalue weighted by Crippen LogP contribution is 2.37. The average molecular weight is 434 g/mol. The Morgan fingerprint density at radius 3 is 2.43 bits per heavy atom. The van der Waals surface area contributed by atoms with E-state index in [1.54, 1.807) is 24.4 Å². The first-order valence-electron chi connectivity index (χ1n) is 9.35. The Morgan fingerprint density at radius 2 is 1.77 bits per heavy atom. The maximum atomic E-state index is 14.5. The van der Waals surface area contributed by atoms with E-state index in [0.717, 1.165) is 12.5 Å². The Balaban J connectivity index is 1.88.